The van der Waals surface area contributed by atoms with E-state index in [1.54, 1.807) is 6.07 Å². The van der Waals surface area contributed by atoms with E-state index in [-0.39, 0.29) is 0 Å². The fourth-order valence-electron chi connectivity index (χ4n) is 6.86. The number of hydrogen-bond donors (Lipinski definition) is 1. The number of halogens is 1. The van der Waals surface area contributed by atoms with Crippen LogP contribution in [0, 0.1) is 0 Å². The van der Waals surface area contributed by atoms with E-state index in [9.17, 15) is 9.90 Å². The number of carboxylic acid groups (broad SMARTS) is 1. The normalized spacial score (nSPS) is 19.4. The van der Waals surface area contributed by atoms with Gasteiger partial charge in [-0.2, -0.15) is 0 Å². The van der Waals surface area contributed by atoms with Gasteiger partial charge in [0.15, 0.2) is 0 Å². The van der Waals surface area contributed by atoms with Crippen LogP contribution in [-0.2, 0) is 11.3 Å². The Kier molecular flexibility index (Phi) is 7.39. The van der Waals surface area contributed by atoms with E-state index in [2.05, 4.69) is 33.5 Å². The molecule has 3 aliphatic rings. The second-order valence-electron chi connectivity index (χ2n) is 11.3. The van der Waals surface area contributed by atoms with Crippen LogP contribution >= 0.6 is 11.6 Å². The van der Waals surface area contributed by atoms with Crippen molar-refractivity contribution in [2.24, 2.45) is 0 Å². The number of aromatic carboxylic acids is 1. The summed E-state index contributed by atoms with van der Waals surface area (Å²) in [7, 11) is 2.17. The summed E-state index contributed by atoms with van der Waals surface area (Å²) in [6.45, 7) is 5.30. The monoisotopic (exact) mass is 535 g/mol. The molecule has 7 heteroatoms. The molecular weight excluding hydrogens is 498 g/mol. The lowest BCUT2D eigenvalue weighted by Crippen LogP contribution is -2.36. The van der Waals surface area contributed by atoms with Gasteiger partial charge in [0.25, 0.3) is 0 Å². The van der Waals surface area contributed by atoms with E-state index in [1.807, 2.05) is 18.2 Å². The number of rotatable bonds is 6. The lowest BCUT2D eigenvalue weighted by atomic mass is 9.81. The number of hydrogen-bond acceptors (Lipinski definition) is 4. The number of benzene rings is 2. The van der Waals surface area contributed by atoms with Crippen molar-refractivity contribution >= 4 is 34.2 Å². The first kappa shape index (κ1) is 25.7. The molecule has 1 aliphatic carbocycles. The minimum absolute atomic E-state index is 0.335. The van der Waals surface area contributed by atoms with E-state index >= 15 is 0 Å². The highest BCUT2D eigenvalue weighted by molar-refractivity contribution is 6.31. The van der Waals surface area contributed by atoms with Gasteiger partial charge in [0.05, 0.1) is 24.0 Å². The number of nitrogens with zero attached hydrogens (tertiary/aromatic N) is 3. The first-order chi connectivity index (χ1) is 18.5. The van der Waals surface area contributed by atoms with Crippen molar-refractivity contribution in [3.8, 4) is 11.3 Å². The Morgan fingerprint density at radius 2 is 1.79 bits per heavy atom. The Morgan fingerprint density at radius 3 is 2.55 bits per heavy atom. The molecule has 6 nitrogen and oxygen atoms in total. The highest BCUT2D eigenvalue weighted by atomic mass is 35.5. The van der Waals surface area contributed by atoms with E-state index in [1.165, 1.54) is 54.3 Å². The highest BCUT2D eigenvalue weighted by Crippen LogP contribution is 2.47. The lowest BCUT2D eigenvalue weighted by Gasteiger charge is -2.30. The van der Waals surface area contributed by atoms with Gasteiger partial charge >= 0.3 is 5.97 Å². The summed E-state index contributed by atoms with van der Waals surface area (Å²) in [6.07, 6.45) is 8.68. The molecule has 2 fully saturated rings. The zero-order valence-corrected chi connectivity index (χ0v) is 23.1. The number of ether oxygens (including phenoxy) is 1. The molecule has 3 heterocycles. The van der Waals surface area contributed by atoms with Crippen LogP contribution in [0.2, 0.25) is 5.02 Å². The van der Waals surface area contributed by atoms with Crippen molar-refractivity contribution in [2.45, 2.75) is 63.5 Å². The smallest absolute Gasteiger partial charge is 0.335 e. The molecule has 1 saturated heterocycles. The molecule has 1 saturated carbocycles. The average molecular weight is 536 g/mol. The number of carbonyl (C=O) groups is 1. The van der Waals surface area contributed by atoms with Crippen molar-refractivity contribution in [3.05, 3.63) is 52.5 Å². The van der Waals surface area contributed by atoms with E-state index in [0.717, 1.165) is 61.8 Å². The van der Waals surface area contributed by atoms with Crippen molar-refractivity contribution in [3.63, 3.8) is 0 Å². The van der Waals surface area contributed by atoms with Gasteiger partial charge in [-0.3, -0.25) is 0 Å². The Hall–Kier alpha value is -2.54. The molecule has 0 amide bonds. The van der Waals surface area contributed by atoms with Crippen molar-refractivity contribution in [1.29, 1.82) is 0 Å². The fraction of sp³-hybridized carbons (Fsp3) is 0.516. The molecule has 38 heavy (non-hydrogen) atoms. The Balaban J connectivity index is 1.39. The van der Waals surface area contributed by atoms with Crippen LogP contribution in [0.4, 0.5) is 5.69 Å². The van der Waals surface area contributed by atoms with Crippen LogP contribution in [0.3, 0.4) is 0 Å². The molecule has 0 atom stereocenters. The van der Waals surface area contributed by atoms with Crippen LogP contribution in [0.1, 0.15) is 66.8 Å². The first-order valence-corrected chi connectivity index (χ1v) is 14.6. The molecule has 0 radical (unpaired) electrons. The first-order valence-electron chi connectivity index (χ1n) is 14.2. The number of aromatic nitrogens is 1. The molecule has 0 bridgehead atoms. The van der Waals surface area contributed by atoms with E-state index in [4.69, 9.17) is 16.3 Å². The van der Waals surface area contributed by atoms with Crippen LogP contribution < -0.4 is 4.90 Å². The zero-order chi connectivity index (χ0) is 26.2. The minimum Gasteiger partial charge on any atom is -0.478 e. The largest absolute Gasteiger partial charge is 0.478 e. The van der Waals surface area contributed by atoms with Gasteiger partial charge < -0.3 is 24.2 Å². The molecule has 6 rings (SSSR count). The van der Waals surface area contributed by atoms with Gasteiger partial charge in [0.2, 0.25) is 0 Å². The van der Waals surface area contributed by atoms with Crippen molar-refractivity contribution < 1.29 is 14.6 Å². The minimum atomic E-state index is -0.879. The van der Waals surface area contributed by atoms with E-state index in [0.29, 0.717) is 24.2 Å². The maximum Gasteiger partial charge on any atom is 0.335 e. The van der Waals surface area contributed by atoms with Gasteiger partial charge in [-0.15, -0.1) is 0 Å². The summed E-state index contributed by atoms with van der Waals surface area (Å²) in [6, 6.07) is 12.0. The molecule has 0 spiro atoms. The van der Waals surface area contributed by atoms with Crippen LogP contribution in [0.25, 0.3) is 22.2 Å². The maximum absolute atomic E-state index is 11.9. The summed E-state index contributed by atoms with van der Waals surface area (Å²) in [4.78, 5) is 16.7. The van der Waals surface area contributed by atoms with Gasteiger partial charge in [-0.05, 0) is 74.5 Å². The van der Waals surface area contributed by atoms with Crippen molar-refractivity contribution in [1.82, 2.24) is 9.47 Å². The van der Waals surface area contributed by atoms with Crippen LogP contribution in [-0.4, -0.2) is 66.5 Å². The zero-order valence-electron chi connectivity index (χ0n) is 22.3. The highest BCUT2D eigenvalue weighted by Gasteiger charge is 2.31. The Bertz CT molecular complexity index is 1320. The number of carboxylic acids is 1. The maximum atomic E-state index is 11.9. The Morgan fingerprint density at radius 1 is 1.00 bits per heavy atom. The summed E-state index contributed by atoms with van der Waals surface area (Å²) in [5.41, 5.74) is 6.37. The number of fused-ring (bicyclic) bond motifs is 5. The second-order valence-corrected chi connectivity index (χ2v) is 11.7. The molecule has 2 aromatic carbocycles. The predicted molar refractivity (Wildman–Crippen MR) is 154 cm³/mol. The fourth-order valence-corrected chi connectivity index (χ4v) is 7.02. The molecular formula is C31H38ClN3O3. The third kappa shape index (κ3) is 4.94. The standard InChI is InChI=1S/C31H38ClN3O3/c1-33-13-11-24(12-14-33)38-18-17-34-15-16-35-28-19-22(31(36)37)7-9-25(28)29(21-5-3-2-4-6-21)30(35)26-10-8-23(32)20-27(26)34/h7-10,19-21,24H,2-6,11-18H2,1H3,(H,36,37). The predicted octanol–water partition coefficient (Wildman–Crippen LogP) is 6.64. The second kappa shape index (κ2) is 10.9. The molecule has 202 valence electrons. The SMILES string of the molecule is CN1CCC(OCCN2CCn3c(c(C4CCCCC4)c4ccc(C(=O)O)cc43)-c3ccc(Cl)cc32)CC1. The number of anilines is 1. The van der Waals surface area contributed by atoms with Crippen molar-refractivity contribution in [2.75, 3.05) is 44.7 Å². The molecule has 3 aromatic rings. The van der Waals surface area contributed by atoms with E-state index < -0.39 is 5.97 Å². The third-order valence-electron chi connectivity index (χ3n) is 8.89. The van der Waals surface area contributed by atoms with Gasteiger partial charge in [0, 0.05) is 59.9 Å². The topological polar surface area (TPSA) is 57.9 Å². The molecule has 1 aromatic heterocycles. The van der Waals surface area contributed by atoms with Gasteiger partial charge in [0.1, 0.15) is 0 Å². The summed E-state index contributed by atoms with van der Waals surface area (Å²) in [5.74, 6) is -0.392. The molecule has 1 N–H and O–H groups in total. The van der Waals surface area contributed by atoms with Gasteiger partial charge in [-0.25, -0.2) is 4.79 Å². The van der Waals surface area contributed by atoms with Crippen LogP contribution in [0.5, 0.6) is 0 Å². The Labute approximate surface area is 230 Å². The molecule has 0 unspecified atom stereocenters. The van der Waals surface area contributed by atoms with Gasteiger partial charge in [-0.1, -0.05) is 36.9 Å². The number of piperidine rings is 1. The average Bonchev–Trinajstić information content (AvgIpc) is 3.16. The summed E-state index contributed by atoms with van der Waals surface area (Å²) < 4.78 is 8.72. The summed E-state index contributed by atoms with van der Waals surface area (Å²) in [5, 5.41) is 11.7. The third-order valence-corrected chi connectivity index (χ3v) is 9.13. The van der Waals surface area contributed by atoms with Crippen LogP contribution in [0.15, 0.2) is 36.4 Å². The quantitative estimate of drug-likeness (QED) is 0.383. The molecule has 2 aliphatic heterocycles. The number of likely N-dealkylation sites (tertiary alicyclic amines) is 1. The summed E-state index contributed by atoms with van der Waals surface area (Å²) >= 11 is 6.58. The lowest BCUT2D eigenvalue weighted by molar-refractivity contribution is 0.0161.